The van der Waals surface area contributed by atoms with E-state index in [0.29, 0.717) is 5.76 Å². The molecule has 4 aromatic rings. The number of aliphatic hydroxyl groups is 1. The number of para-hydroxylation sites is 1. The lowest BCUT2D eigenvalue weighted by Gasteiger charge is -2.09. The molecule has 0 spiro atoms. The van der Waals surface area contributed by atoms with Crippen LogP contribution in [0.1, 0.15) is 17.4 Å². The molecule has 1 aromatic heterocycles. The van der Waals surface area contributed by atoms with Gasteiger partial charge in [-0.15, -0.1) is 0 Å². The molecular formula is C21H16O2. The van der Waals surface area contributed by atoms with Crippen molar-refractivity contribution in [3.8, 4) is 11.1 Å². The maximum absolute atomic E-state index is 10.6. The lowest BCUT2D eigenvalue weighted by Crippen LogP contribution is -1.97. The summed E-state index contributed by atoms with van der Waals surface area (Å²) in [6.45, 7) is 0. The molecule has 0 aliphatic heterocycles. The third-order valence-electron chi connectivity index (χ3n) is 4.05. The predicted molar refractivity (Wildman–Crippen MR) is 92.2 cm³/mol. The normalized spacial score (nSPS) is 12.4. The first kappa shape index (κ1) is 13.8. The van der Waals surface area contributed by atoms with E-state index in [9.17, 15) is 5.11 Å². The Bertz CT molecular complexity index is 888. The maximum Gasteiger partial charge on any atom is 0.138 e. The van der Waals surface area contributed by atoms with Crippen molar-refractivity contribution in [1.29, 1.82) is 0 Å². The zero-order valence-corrected chi connectivity index (χ0v) is 12.5. The van der Waals surface area contributed by atoms with Gasteiger partial charge in [-0.25, -0.2) is 0 Å². The summed E-state index contributed by atoms with van der Waals surface area (Å²) in [4.78, 5) is 0. The van der Waals surface area contributed by atoms with Crippen LogP contribution < -0.4 is 0 Å². The minimum atomic E-state index is -0.757. The number of hydrogen-bond donors (Lipinski definition) is 1. The average Bonchev–Trinajstić information content (AvgIpc) is 3.06. The Morgan fingerprint density at radius 2 is 1.35 bits per heavy atom. The van der Waals surface area contributed by atoms with E-state index >= 15 is 0 Å². The van der Waals surface area contributed by atoms with E-state index < -0.39 is 6.10 Å². The van der Waals surface area contributed by atoms with Crippen LogP contribution in [0.15, 0.2) is 89.3 Å². The summed E-state index contributed by atoms with van der Waals surface area (Å²) in [5, 5.41) is 11.6. The summed E-state index contributed by atoms with van der Waals surface area (Å²) in [6, 6.07) is 27.8. The van der Waals surface area contributed by atoms with Crippen LogP contribution in [0.4, 0.5) is 0 Å². The number of aliphatic hydroxyl groups excluding tert-OH is 1. The van der Waals surface area contributed by atoms with E-state index in [2.05, 4.69) is 12.1 Å². The lowest BCUT2D eigenvalue weighted by molar-refractivity contribution is 0.192. The van der Waals surface area contributed by atoms with Crippen molar-refractivity contribution in [2.24, 2.45) is 0 Å². The first-order valence-corrected chi connectivity index (χ1v) is 7.63. The summed E-state index contributed by atoms with van der Waals surface area (Å²) in [6.07, 6.45) is -0.757. The molecule has 1 N–H and O–H groups in total. The molecule has 1 unspecified atom stereocenters. The summed E-state index contributed by atoms with van der Waals surface area (Å²) < 4.78 is 5.75. The molecular weight excluding hydrogens is 284 g/mol. The molecule has 2 heteroatoms. The maximum atomic E-state index is 10.6. The number of hydrogen-bond acceptors (Lipinski definition) is 2. The van der Waals surface area contributed by atoms with E-state index in [-0.39, 0.29) is 0 Å². The van der Waals surface area contributed by atoms with Gasteiger partial charge in [0.15, 0.2) is 0 Å². The van der Waals surface area contributed by atoms with Crippen LogP contribution in [-0.2, 0) is 0 Å². The third kappa shape index (κ3) is 2.65. The molecule has 0 fully saturated rings. The van der Waals surface area contributed by atoms with E-state index in [0.717, 1.165) is 27.7 Å². The van der Waals surface area contributed by atoms with Gasteiger partial charge in [0, 0.05) is 5.39 Å². The zero-order chi connectivity index (χ0) is 15.6. The van der Waals surface area contributed by atoms with Gasteiger partial charge in [-0.2, -0.15) is 0 Å². The summed E-state index contributed by atoms with van der Waals surface area (Å²) in [5.74, 6) is 0.568. The van der Waals surface area contributed by atoms with Gasteiger partial charge in [-0.1, -0.05) is 72.8 Å². The van der Waals surface area contributed by atoms with Gasteiger partial charge in [0.25, 0.3) is 0 Å². The summed E-state index contributed by atoms with van der Waals surface area (Å²) >= 11 is 0. The highest BCUT2D eigenvalue weighted by molar-refractivity contribution is 5.78. The number of benzene rings is 3. The van der Waals surface area contributed by atoms with E-state index in [1.165, 1.54) is 0 Å². The Balaban J connectivity index is 1.64. The molecule has 0 amide bonds. The van der Waals surface area contributed by atoms with Crippen LogP contribution in [0.2, 0.25) is 0 Å². The minimum Gasteiger partial charge on any atom is -0.458 e. The number of rotatable bonds is 3. The second kappa shape index (κ2) is 5.75. The summed E-state index contributed by atoms with van der Waals surface area (Å²) in [7, 11) is 0. The van der Waals surface area contributed by atoms with Crippen molar-refractivity contribution >= 4 is 11.0 Å². The van der Waals surface area contributed by atoms with Crippen molar-refractivity contribution in [1.82, 2.24) is 0 Å². The highest BCUT2D eigenvalue weighted by Gasteiger charge is 2.15. The monoisotopic (exact) mass is 300 g/mol. The van der Waals surface area contributed by atoms with E-state index in [1.54, 1.807) is 0 Å². The van der Waals surface area contributed by atoms with Gasteiger partial charge in [-0.3, -0.25) is 0 Å². The van der Waals surface area contributed by atoms with Crippen molar-refractivity contribution in [3.63, 3.8) is 0 Å². The number of furan rings is 1. The molecule has 0 saturated carbocycles. The van der Waals surface area contributed by atoms with Gasteiger partial charge in [0.1, 0.15) is 17.4 Å². The van der Waals surface area contributed by atoms with Gasteiger partial charge < -0.3 is 9.52 Å². The number of fused-ring (bicyclic) bond motifs is 1. The molecule has 1 atom stereocenters. The average molecular weight is 300 g/mol. The minimum absolute atomic E-state index is 0.568. The quantitative estimate of drug-likeness (QED) is 0.565. The second-order valence-electron chi connectivity index (χ2n) is 5.58. The third-order valence-corrected chi connectivity index (χ3v) is 4.05. The molecule has 1 heterocycles. The Morgan fingerprint density at radius 3 is 2.09 bits per heavy atom. The first-order valence-electron chi connectivity index (χ1n) is 7.63. The SMILES string of the molecule is OC(c1ccc(-c2ccccc2)cc1)c1cc2ccccc2o1. The Hall–Kier alpha value is -2.84. The van der Waals surface area contributed by atoms with Gasteiger partial charge in [0.05, 0.1) is 0 Å². The van der Waals surface area contributed by atoms with Crippen LogP contribution in [0.25, 0.3) is 22.1 Å². The molecule has 3 aromatic carbocycles. The molecule has 0 radical (unpaired) electrons. The molecule has 112 valence electrons. The molecule has 0 saturated heterocycles. The van der Waals surface area contributed by atoms with Crippen molar-refractivity contribution < 1.29 is 9.52 Å². The van der Waals surface area contributed by atoms with Gasteiger partial charge in [-0.05, 0) is 28.8 Å². The first-order chi connectivity index (χ1) is 11.3. The second-order valence-corrected chi connectivity index (χ2v) is 5.58. The molecule has 4 rings (SSSR count). The zero-order valence-electron chi connectivity index (χ0n) is 12.5. The highest BCUT2D eigenvalue weighted by atomic mass is 16.4. The molecule has 0 aliphatic rings. The molecule has 0 bridgehead atoms. The fourth-order valence-electron chi connectivity index (χ4n) is 2.79. The van der Waals surface area contributed by atoms with Gasteiger partial charge in [0.2, 0.25) is 0 Å². The predicted octanol–water partition coefficient (Wildman–Crippen LogP) is 5.18. The van der Waals surface area contributed by atoms with Crippen molar-refractivity contribution in [2.75, 3.05) is 0 Å². The Morgan fingerprint density at radius 1 is 0.696 bits per heavy atom. The van der Waals surface area contributed by atoms with Crippen LogP contribution in [0, 0.1) is 0 Å². The lowest BCUT2D eigenvalue weighted by atomic mass is 10.0. The van der Waals surface area contributed by atoms with Crippen LogP contribution in [0.5, 0.6) is 0 Å². The van der Waals surface area contributed by atoms with Crippen molar-refractivity contribution in [3.05, 3.63) is 96.3 Å². The molecule has 23 heavy (non-hydrogen) atoms. The highest BCUT2D eigenvalue weighted by Crippen LogP contribution is 2.29. The fourth-order valence-corrected chi connectivity index (χ4v) is 2.79. The fraction of sp³-hybridized carbons (Fsp3) is 0.0476. The van der Waals surface area contributed by atoms with Crippen LogP contribution in [0.3, 0.4) is 0 Å². The van der Waals surface area contributed by atoms with E-state index in [4.69, 9.17) is 4.42 Å². The largest absolute Gasteiger partial charge is 0.458 e. The van der Waals surface area contributed by atoms with Crippen molar-refractivity contribution in [2.45, 2.75) is 6.10 Å². The van der Waals surface area contributed by atoms with Crippen LogP contribution >= 0.6 is 0 Å². The van der Waals surface area contributed by atoms with Gasteiger partial charge >= 0.3 is 0 Å². The Labute approximate surface area is 134 Å². The molecule has 2 nitrogen and oxygen atoms in total. The molecule has 0 aliphatic carbocycles. The van der Waals surface area contributed by atoms with E-state index in [1.807, 2.05) is 72.8 Å². The van der Waals surface area contributed by atoms with Crippen LogP contribution in [-0.4, -0.2) is 5.11 Å². The summed E-state index contributed by atoms with van der Waals surface area (Å²) in [5.41, 5.74) is 3.91. The standard InChI is InChI=1S/C21H16O2/c22-21(20-14-18-8-4-5-9-19(18)23-20)17-12-10-16(11-13-17)15-6-2-1-3-7-15/h1-14,21-22H. The Kier molecular flexibility index (Phi) is 3.45. The smallest absolute Gasteiger partial charge is 0.138 e. The topological polar surface area (TPSA) is 33.4 Å².